The van der Waals surface area contributed by atoms with E-state index in [4.69, 9.17) is 0 Å². The van der Waals surface area contributed by atoms with E-state index in [2.05, 4.69) is 5.32 Å². The highest BCUT2D eigenvalue weighted by atomic mass is 19.4. The minimum atomic E-state index is -4.06. The van der Waals surface area contributed by atoms with Gasteiger partial charge in [0.2, 0.25) is 0 Å². The van der Waals surface area contributed by atoms with Crippen LogP contribution in [-0.2, 0) is 0 Å². The quantitative estimate of drug-likeness (QED) is 0.790. The second kappa shape index (κ2) is 3.88. The molecule has 2 nitrogen and oxygen atoms in total. The van der Waals surface area contributed by atoms with Crippen LogP contribution in [0, 0.1) is 0 Å². The number of nitrogens with zero attached hydrogens (tertiary/aromatic N) is 1. The smallest absolute Gasteiger partial charge is 0.317 e. The molecular weight excluding hydrogens is 217 g/mol. The van der Waals surface area contributed by atoms with Gasteiger partial charge in [-0.05, 0) is 39.7 Å². The zero-order valence-electron chi connectivity index (χ0n) is 9.77. The van der Waals surface area contributed by atoms with E-state index in [1.165, 1.54) is 0 Å². The Morgan fingerprint density at radius 2 is 1.94 bits per heavy atom. The maximum Gasteiger partial charge on any atom is 0.406 e. The molecule has 1 saturated heterocycles. The van der Waals surface area contributed by atoms with Crippen molar-refractivity contribution in [1.82, 2.24) is 10.2 Å². The molecule has 0 aromatic carbocycles. The molecule has 0 radical (unpaired) electrons. The van der Waals surface area contributed by atoms with Crippen LogP contribution in [0.1, 0.15) is 32.6 Å². The molecule has 0 aromatic rings. The minimum Gasteiger partial charge on any atom is -0.317 e. The number of rotatable bonds is 2. The van der Waals surface area contributed by atoms with Gasteiger partial charge < -0.3 is 5.32 Å². The molecule has 2 unspecified atom stereocenters. The van der Waals surface area contributed by atoms with E-state index in [0.29, 0.717) is 12.6 Å². The molecular formula is C11H19F3N2. The normalized spacial score (nSPS) is 35.1. The van der Waals surface area contributed by atoms with Gasteiger partial charge in [-0.1, -0.05) is 0 Å². The summed E-state index contributed by atoms with van der Waals surface area (Å²) in [7, 11) is 1.88. The molecule has 2 rings (SSSR count). The summed E-state index contributed by atoms with van der Waals surface area (Å²) in [6.07, 6.45) is -1.86. The number of alkyl halides is 3. The first-order valence-electron chi connectivity index (χ1n) is 5.91. The van der Waals surface area contributed by atoms with Crippen molar-refractivity contribution in [3.05, 3.63) is 0 Å². The van der Waals surface area contributed by atoms with Crippen molar-refractivity contribution in [3.8, 4) is 0 Å². The zero-order chi connectivity index (χ0) is 12.0. The first-order chi connectivity index (χ1) is 7.40. The summed E-state index contributed by atoms with van der Waals surface area (Å²) in [5.74, 6) is 0. The largest absolute Gasteiger partial charge is 0.406 e. The Kier molecular flexibility index (Phi) is 2.95. The van der Waals surface area contributed by atoms with E-state index in [0.717, 1.165) is 12.8 Å². The number of hydrogen-bond acceptors (Lipinski definition) is 2. The molecule has 2 atom stereocenters. The topological polar surface area (TPSA) is 15.3 Å². The Balaban J connectivity index is 2.06. The minimum absolute atomic E-state index is 0.0234. The van der Waals surface area contributed by atoms with Gasteiger partial charge in [-0.3, -0.25) is 4.90 Å². The van der Waals surface area contributed by atoms with Crippen molar-refractivity contribution in [1.29, 1.82) is 0 Å². The van der Waals surface area contributed by atoms with E-state index in [9.17, 15) is 13.2 Å². The van der Waals surface area contributed by atoms with Crippen LogP contribution in [-0.4, -0.2) is 42.3 Å². The summed E-state index contributed by atoms with van der Waals surface area (Å²) in [6.45, 7) is 2.47. The van der Waals surface area contributed by atoms with Crippen LogP contribution in [0.5, 0.6) is 0 Å². The molecule has 16 heavy (non-hydrogen) atoms. The molecule has 1 aliphatic carbocycles. The van der Waals surface area contributed by atoms with Crippen LogP contribution in [0.3, 0.4) is 0 Å². The average Bonchev–Trinajstić information content (AvgIpc) is 2.97. The molecule has 94 valence electrons. The molecule has 1 saturated carbocycles. The summed E-state index contributed by atoms with van der Waals surface area (Å²) in [5.41, 5.74) is -1.48. The highest BCUT2D eigenvalue weighted by molar-refractivity contribution is 5.11. The van der Waals surface area contributed by atoms with Crippen LogP contribution in [0.2, 0.25) is 0 Å². The molecule has 0 aromatic heterocycles. The Labute approximate surface area is 94.2 Å². The van der Waals surface area contributed by atoms with Crippen molar-refractivity contribution in [2.24, 2.45) is 0 Å². The van der Waals surface area contributed by atoms with E-state index in [1.54, 1.807) is 4.90 Å². The Bertz CT molecular complexity index is 260. The Morgan fingerprint density at radius 3 is 2.31 bits per heavy atom. The molecule has 1 heterocycles. The summed E-state index contributed by atoms with van der Waals surface area (Å²) in [4.78, 5) is 1.68. The van der Waals surface area contributed by atoms with Crippen molar-refractivity contribution in [2.75, 3.05) is 13.6 Å². The third kappa shape index (κ3) is 1.84. The monoisotopic (exact) mass is 236 g/mol. The standard InChI is InChI=1S/C11H19F3N2/c1-8-7-9(15-2)3-6-16(8)10(4-5-10)11(12,13)14/h8-9,15H,3-7H2,1-2H3. The summed E-state index contributed by atoms with van der Waals surface area (Å²) in [6, 6.07) is 0.394. The first-order valence-corrected chi connectivity index (χ1v) is 5.91. The lowest BCUT2D eigenvalue weighted by atomic mass is 9.95. The highest BCUT2D eigenvalue weighted by Gasteiger charge is 2.67. The van der Waals surface area contributed by atoms with Gasteiger partial charge in [-0.15, -0.1) is 0 Å². The molecule has 2 aliphatic rings. The Morgan fingerprint density at radius 1 is 1.31 bits per heavy atom. The van der Waals surface area contributed by atoms with Crippen LogP contribution in [0.4, 0.5) is 13.2 Å². The molecule has 0 spiro atoms. The van der Waals surface area contributed by atoms with Crippen molar-refractivity contribution in [2.45, 2.75) is 56.4 Å². The van der Waals surface area contributed by atoms with Gasteiger partial charge in [0.15, 0.2) is 0 Å². The maximum absolute atomic E-state index is 13.0. The van der Waals surface area contributed by atoms with E-state index in [1.807, 2.05) is 14.0 Å². The van der Waals surface area contributed by atoms with Gasteiger partial charge in [0, 0.05) is 18.6 Å². The third-order valence-electron chi connectivity index (χ3n) is 4.09. The number of hydrogen-bond donors (Lipinski definition) is 1. The van der Waals surface area contributed by atoms with Crippen LogP contribution >= 0.6 is 0 Å². The predicted octanol–water partition coefficient (Wildman–Crippen LogP) is 2.15. The fraction of sp³-hybridized carbons (Fsp3) is 1.00. The molecule has 5 heteroatoms. The lowest BCUT2D eigenvalue weighted by Crippen LogP contribution is -2.57. The highest BCUT2D eigenvalue weighted by Crippen LogP contribution is 2.55. The summed E-state index contributed by atoms with van der Waals surface area (Å²) in [5, 5.41) is 3.16. The van der Waals surface area contributed by atoms with Crippen molar-refractivity contribution in [3.63, 3.8) is 0 Å². The van der Waals surface area contributed by atoms with Gasteiger partial charge in [0.1, 0.15) is 5.54 Å². The lowest BCUT2D eigenvalue weighted by molar-refractivity contribution is -0.205. The first kappa shape index (κ1) is 12.2. The number of halogens is 3. The SMILES string of the molecule is CNC1CCN(C2(C(F)(F)F)CC2)C(C)C1. The molecule has 1 N–H and O–H groups in total. The zero-order valence-corrected chi connectivity index (χ0v) is 9.77. The average molecular weight is 236 g/mol. The van der Waals surface area contributed by atoms with Gasteiger partial charge in [-0.25, -0.2) is 0 Å². The second-order valence-corrected chi connectivity index (χ2v) is 5.08. The van der Waals surface area contributed by atoms with Crippen LogP contribution in [0.15, 0.2) is 0 Å². The van der Waals surface area contributed by atoms with Crippen molar-refractivity contribution < 1.29 is 13.2 Å². The summed E-state index contributed by atoms with van der Waals surface area (Å²) < 4.78 is 38.9. The maximum atomic E-state index is 13.0. The van der Waals surface area contributed by atoms with E-state index >= 15 is 0 Å². The molecule has 2 fully saturated rings. The third-order valence-corrected chi connectivity index (χ3v) is 4.09. The lowest BCUT2D eigenvalue weighted by Gasteiger charge is -2.43. The van der Waals surface area contributed by atoms with Gasteiger partial charge in [0.25, 0.3) is 0 Å². The van der Waals surface area contributed by atoms with Crippen molar-refractivity contribution >= 4 is 0 Å². The fourth-order valence-electron chi connectivity index (χ4n) is 2.92. The molecule has 0 bridgehead atoms. The number of likely N-dealkylation sites (tertiary alicyclic amines) is 1. The number of nitrogens with one attached hydrogen (secondary N) is 1. The van der Waals surface area contributed by atoms with E-state index in [-0.39, 0.29) is 18.9 Å². The van der Waals surface area contributed by atoms with Crippen LogP contribution < -0.4 is 5.32 Å². The summed E-state index contributed by atoms with van der Waals surface area (Å²) >= 11 is 0. The van der Waals surface area contributed by atoms with E-state index < -0.39 is 11.7 Å². The van der Waals surface area contributed by atoms with Crippen LogP contribution in [0.25, 0.3) is 0 Å². The molecule has 1 aliphatic heterocycles. The molecule has 0 amide bonds. The second-order valence-electron chi connectivity index (χ2n) is 5.08. The Hall–Kier alpha value is -0.290. The predicted molar refractivity (Wildman–Crippen MR) is 56.3 cm³/mol. The van der Waals surface area contributed by atoms with Gasteiger partial charge in [-0.2, -0.15) is 13.2 Å². The van der Waals surface area contributed by atoms with Gasteiger partial charge >= 0.3 is 6.18 Å². The number of piperidine rings is 1. The van der Waals surface area contributed by atoms with Gasteiger partial charge in [0.05, 0.1) is 0 Å². The fourth-order valence-corrected chi connectivity index (χ4v) is 2.92.